The zero-order valence-electron chi connectivity index (χ0n) is 52.9. The Morgan fingerprint density at radius 1 is 0.337 bits per heavy atom. The predicted octanol–water partition coefficient (Wildman–Crippen LogP) is 21.8. The molecule has 11 aromatic carbocycles. The fourth-order valence-electron chi connectivity index (χ4n) is 12.4. The largest absolute Gasteiger partial charge is 0.519 e. The van der Waals surface area contributed by atoms with Gasteiger partial charge < -0.3 is 28.7 Å². The highest BCUT2D eigenvalue weighted by atomic mass is 16.7. The molecule has 0 heterocycles. The molecule has 1 saturated carbocycles. The molecule has 0 radical (unpaired) electrons. The third-order valence-electron chi connectivity index (χ3n) is 17.4. The van der Waals surface area contributed by atoms with Gasteiger partial charge in [0, 0.05) is 46.5 Å². The van der Waals surface area contributed by atoms with Gasteiger partial charge in [0.15, 0.2) is 0 Å². The summed E-state index contributed by atoms with van der Waals surface area (Å²) in [7, 11) is 1.69. The maximum absolute atomic E-state index is 13.5. The van der Waals surface area contributed by atoms with Crippen LogP contribution < -0.4 is 28.7 Å². The summed E-state index contributed by atoms with van der Waals surface area (Å²) in [5.74, 6) is 1.69. The first-order chi connectivity index (χ1) is 44.8. The first kappa shape index (κ1) is 61.3. The fraction of sp³-hybridized carbons (Fsp3) is 0.143. The van der Waals surface area contributed by atoms with Crippen molar-refractivity contribution in [2.45, 2.75) is 72.1 Å². The van der Waals surface area contributed by atoms with Crippen molar-refractivity contribution in [3.8, 4) is 23.0 Å². The lowest BCUT2D eigenvalue weighted by atomic mass is 9.65. The number of methoxy groups -OCH3 is 1. The lowest BCUT2D eigenvalue weighted by Crippen LogP contribution is -2.30. The summed E-state index contributed by atoms with van der Waals surface area (Å²) in [5, 5.41) is 0. The number of anilines is 6. The highest BCUT2D eigenvalue weighted by Gasteiger charge is 2.36. The average Bonchev–Trinajstić information content (AvgIpc) is 0.834. The quantitative estimate of drug-likeness (QED) is 0.0364. The van der Waals surface area contributed by atoms with E-state index >= 15 is 0 Å². The van der Waals surface area contributed by atoms with Crippen LogP contribution in [-0.4, -0.2) is 19.2 Å². The fourth-order valence-corrected chi connectivity index (χ4v) is 12.4. The van der Waals surface area contributed by atoms with Crippen LogP contribution in [0, 0.1) is 27.7 Å². The Balaban J connectivity index is 0.847. The van der Waals surface area contributed by atoms with E-state index in [1.165, 1.54) is 41.2 Å². The normalized spacial score (nSPS) is 13.0. The summed E-state index contributed by atoms with van der Waals surface area (Å²) in [5.41, 5.74) is 21.4. The first-order valence-electron chi connectivity index (χ1n) is 31.5. The smallest absolute Gasteiger partial charge is 0.497 e. The number of nitrogens with zero attached hydrogens (tertiary/aromatic N) is 2. The number of ether oxygens (including phenoxy) is 4. The molecule has 0 atom stereocenters. The van der Waals surface area contributed by atoms with Gasteiger partial charge in [0.25, 0.3) is 0 Å². The molecule has 8 nitrogen and oxygen atoms in total. The van der Waals surface area contributed by atoms with E-state index in [2.05, 4.69) is 244 Å². The molecule has 8 heteroatoms. The summed E-state index contributed by atoms with van der Waals surface area (Å²) in [6.45, 7) is 9.85. The Morgan fingerprint density at radius 3 is 0.913 bits per heavy atom. The monoisotopic (exact) mass is 1210 g/mol. The topological polar surface area (TPSA) is 77.5 Å². The zero-order chi connectivity index (χ0) is 63.6. The maximum atomic E-state index is 13.5. The molecule has 12 rings (SSSR count). The van der Waals surface area contributed by atoms with E-state index in [0.717, 1.165) is 116 Å². The Morgan fingerprint density at radius 2 is 0.609 bits per heavy atom. The first-order valence-corrected chi connectivity index (χ1v) is 31.5. The van der Waals surface area contributed by atoms with Gasteiger partial charge in [-0.15, -0.1) is 0 Å². The van der Waals surface area contributed by atoms with Crippen molar-refractivity contribution in [2.75, 3.05) is 16.9 Å². The molecule has 1 aliphatic rings. The second-order valence-electron chi connectivity index (χ2n) is 23.9. The van der Waals surface area contributed by atoms with E-state index in [1.54, 1.807) is 7.11 Å². The van der Waals surface area contributed by atoms with Crippen LogP contribution in [0.2, 0.25) is 0 Å². The molecule has 0 bridgehead atoms. The van der Waals surface area contributed by atoms with Crippen LogP contribution in [0.5, 0.6) is 23.0 Å². The molecule has 0 aromatic heterocycles. The van der Waals surface area contributed by atoms with Gasteiger partial charge in [0.2, 0.25) is 0 Å². The minimum atomic E-state index is -0.834. The lowest BCUT2D eigenvalue weighted by molar-refractivity contribution is -0.131. The molecule has 0 saturated heterocycles. The molecule has 1 aliphatic carbocycles. The predicted molar refractivity (Wildman–Crippen MR) is 376 cm³/mol. The zero-order valence-corrected chi connectivity index (χ0v) is 52.9. The molecule has 0 N–H and O–H groups in total. The molecule has 0 spiro atoms. The van der Waals surface area contributed by atoms with Crippen molar-refractivity contribution in [3.05, 3.63) is 334 Å². The van der Waals surface area contributed by atoms with Crippen LogP contribution in [0.1, 0.15) is 106 Å². The lowest BCUT2D eigenvalue weighted by Gasteiger charge is -2.38. The number of hydrogen-bond donors (Lipinski definition) is 0. The van der Waals surface area contributed by atoms with Crippen LogP contribution in [0.4, 0.5) is 38.9 Å². The molecule has 456 valence electrons. The van der Waals surface area contributed by atoms with E-state index < -0.39 is 6.16 Å². The Kier molecular flexibility index (Phi) is 18.5. The SMILES string of the molecule is COc1ccc(C(=Cc2ccc(N(c3ccc(C)cc3)c3ccc(C)cc3)cc2)c2ccc(C(=Cc3ccc(N(c4ccc(C)cc4)c4ccc(C)cc4)cc3)c3ccc(OC(=O)Oc4ccc(C5(c6ccc(OC(C)=O)cc6)CCCCC5)cc4)cc3)cc2)cc1. The van der Waals surface area contributed by atoms with Crippen LogP contribution in [0.15, 0.2) is 267 Å². The molecular formula is C84H74N2O6. The van der Waals surface area contributed by atoms with E-state index in [4.69, 9.17) is 18.9 Å². The summed E-state index contributed by atoms with van der Waals surface area (Å²) in [6, 6.07) is 92.1. The average molecular weight is 1210 g/mol. The second-order valence-corrected chi connectivity index (χ2v) is 23.9. The molecule has 1 fully saturated rings. The van der Waals surface area contributed by atoms with E-state index in [1.807, 2.05) is 72.8 Å². The highest BCUT2D eigenvalue weighted by molar-refractivity contribution is 5.95. The van der Waals surface area contributed by atoms with Crippen LogP contribution >= 0.6 is 0 Å². The van der Waals surface area contributed by atoms with E-state index in [-0.39, 0.29) is 11.4 Å². The molecular weight excluding hydrogens is 1130 g/mol. The minimum absolute atomic E-state index is 0.211. The number of carbonyl (C=O) groups excluding carboxylic acids is 2. The molecule has 0 aliphatic heterocycles. The standard InChI is InChI=1S/C84H74N2O6/c1-58-10-34-71(35-11-58)85(72-36-12-59(2)13-37-72)75-42-18-63(19-43-75)56-81(67-26-46-77(89-6)47-27-67)65-22-24-66(25-23-65)82(57-64-20-44-76(45-21-64)86(73-38-14-60(3)15-39-73)74-40-16-61(4)17-41-74)68-28-48-79(49-29-68)91-83(88)92-80-52-32-70(33-53-80)84(54-8-7-9-55-84)69-30-50-78(51-31-69)90-62(5)87/h10-53,56-57H,7-9,54-55H2,1-6H3. The number of esters is 1. The number of rotatable bonds is 18. The van der Waals surface area contributed by atoms with Crippen LogP contribution in [0.3, 0.4) is 0 Å². The van der Waals surface area contributed by atoms with Crippen molar-refractivity contribution in [1.82, 2.24) is 0 Å². The molecule has 92 heavy (non-hydrogen) atoms. The van der Waals surface area contributed by atoms with E-state index in [9.17, 15) is 9.59 Å². The van der Waals surface area contributed by atoms with E-state index in [0.29, 0.717) is 17.2 Å². The van der Waals surface area contributed by atoms with Gasteiger partial charge in [-0.3, -0.25) is 4.79 Å². The van der Waals surface area contributed by atoms with Crippen molar-refractivity contribution < 1.29 is 28.5 Å². The molecule has 11 aromatic rings. The third-order valence-corrected chi connectivity index (χ3v) is 17.4. The van der Waals surface area contributed by atoms with Gasteiger partial charge in [0.1, 0.15) is 23.0 Å². The van der Waals surface area contributed by atoms with Crippen molar-refractivity contribution >= 4 is 69.5 Å². The van der Waals surface area contributed by atoms with Gasteiger partial charge in [-0.25, -0.2) is 4.79 Å². The second kappa shape index (κ2) is 27.8. The van der Waals surface area contributed by atoms with Gasteiger partial charge in [-0.05, 0) is 230 Å². The highest BCUT2D eigenvalue weighted by Crippen LogP contribution is 2.46. The number of benzene rings is 11. The number of hydrogen-bond acceptors (Lipinski definition) is 8. The summed E-state index contributed by atoms with van der Waals surface area (Å²) < 4.78 is 22.6. The van der Waals surface area contributed by atoms with Gasteiger partial charge in [-0.2, -0.15) is 0 Å². The maximum Gasteiger partial charge on any atom is 0.519 e. The number of carbonyl (C=O) groups is 2. The Bertz CT molecular complexity index is 4270. The van der Waals surface area contributed by atoms with Gasteiger partial charge in [0.05, 0.1) is 7.11 Å². The Labute approximate surface area is 540 Å². The summed E-state index contributed by atoms with van der Waals surface area (Å²) >= 11 is 0. The molecule has 0 unspecified atom stereocenters. The van der Waals surface area contributed by atoms with Crippen LogP contribution in [-0.2, 0) is 10.2 Å². The summed E-state index contributed by atoms with van der Waals surface area (Å²) in [4.78, 5) is 29.7. The molecule has 0 amide bonds. The minimum Gasteiger partial charge on any atom is -0.497 e. The van der Waals surface area contributed by atoms with Crippen molar-refractivity contribution in [3.63, 3.8) is 0 Å². The summed E-state index contributed by atoms with van der Waals surface area (Å²) in [6.07, 6.45) is 8.97. The third kappa shape index (κ3) is 14.4. The number of aryl methyl sites for hydroxylation is 4. The van der Waals surface area contributed by atoms with Crippen LogP contribution in [0.25, 0.3) is 23.3 Å². The van der Waals surface area contributed by atoms with Crippen molar-refractivity contribution in [2.24, 2.45) is 0 Å². The van der Waals surface area contributed by atoms with Gasteiger partial charge >= 0.3 is 12.1 Å². The Hall–Kier alpha value is -11.0. The van der Waals surface area contributed by atoms with Gasteiger partial charge in [-0.1, -0.05) is 187 Å². The van der Waals surface area contributed by atoms with Crippen molar-refractivity contribution in [1.29, 1.82) is 0 Å².